The zero-order valence-corrected chi connectivity index (χ0v) is 16.4. The minimum Gasteiger partial charge on any atom is -0.384 e. The van der Waals surface area contributed by atoms with Gasteiger partial charge in [-0.3, -0.25) is 0 Å². The van der Waals surface area contributed by atoms with Crippen molar-refractivity contribution in [3.8, 4) is 11.4 Å². The molecule has 0 unspecified atom stereocenters. The fourth-order valence-corrected chi connectivity index (χ4v) is 2.93. The fourth-order valence-electron chi connectivity index (χ4n) is 2.93. The van der Waals surface area contributed by atoms with Crippen LogP contribution in [0.5, 0.6) is 0 Å². The Kier molecular flexibility index (Phi) is 5.22. The highest BCUT2D eigenvalue weighted by molar-refractivity contribution is 5.83. The van der Waals surface area contributed by atoms with Crippen LogP contribution in [0.2, 0.25) is 0 Å². The first-order valence-corrected chi connectivity index (χ1v) is 9.10. The molecule has 0 aromatic carbocycles. The van der Waals surface area contributed by atoms with Gasteiger partial charge in [0.15, 0.2) is 11.5 Å². The maximum atomic E-state index is 12.4. The summed E-state index contributed by atoms with van der Waals surface area (Å²) in [7, 11) is 1.56. The second kappa shape index (κ2) is 8.13. The number of nitrogens with one attached hydrogen (secondary N) is 2. The van der Waals surface area contributed by atoms with E-state index in [0.717, 1.165) is 0 Å². The van der Waals surface area contributed by atoms with Crippen LogP contribution in [0.1, 0.15) is 5.82 Å². The SMILES string of the molecule is COCCNC(=O)n1nccc1Nc1nc2cccnn2c1-c1cc(N)nc(C)n1. The zero-order chi connectivity index (χ0) is 21.1. The van der Waals surface area contributed by atoms with Gasteiger partial charge in [-0.25, -0.2) is 24.3 Å². The summed E-state index contributed by atoms with van der Waals surface area (Å²) in [6.07, 6.45) is 3.16. The third-order valence-corrected chi connectivity index (χ3v) is 4.16. The number of imidazole rings is 1. The molecule has 4 aromatic heterocycles. The molecule has 0 spiro atoms. The monoisotopic (exact) mass is 408 g/mol. The van der Waals surface area contributed by atoms with Crippen LogP contribution < -0.4 is 16.4 Å². The quantitative estimate of drug-likeness (QED) is 0.400. The number of amides is 1. The topological polar surface area (TPSA) is 150 Å². The Bertz CT molecular complexity index is 1180. The molecule has 12 nitrogen and oxygen atoms in total. The van der Waals surface area contributed by atoms with Gasteiger partial charge in [0.1, 0.15) is 23.2 Å². The molecule has 0 aliphatic rings. The molecule has 4 rings (SSSR count). The number of ether oxygens (including phenoxy) is 1. The van der Waals surface area contributed by atoms with E-state index in [4.69, 9.17) is 10.5 Å². The van der Waals surface area contributed by atoms with E-state index >= 15 is 0 Å². The maximum Gasteiger partial charge on any atom is 0.344 e. The number of carbonyl (C=O) groups excluding carboxylic acids is 1. The summed E-state index contributed by atoms with van der Waals surface area (Å²) in [5, 5.41) is 14.3. The molecule has 0 aliphatic carbocycles. The van der Waals surface area contributed by atoms with Crippen LogP contribution in [0.4, 0.5) is 22.2 Å². The summed E-state index contributed by atoms with van der Waals surface area (Å²) >= 11 is 0. The predicted molar refractivity (Wildman–Crippen MR) is 109 cm³/mol. The third kappa shape index (κ3) is 3.75. The van der Waals surface area contributed by atoms with Gasteiger partial charge < -0.3 is 21.1 Å². The van der Waals surface area contributed by atoms with Crippen molar-refractivity contribution in [3.05, 3.63) is 42.5 Å². The van der Waals surface area contributed by atoms with Crippen LogP contribution in [0.3, 0.4) is 0 Å². The van der Waals surface area contributed by atoms with Gasteiger partial charge in [0, 0.05) is 32.0 Å². The number of aryl methyl sites for hydroxylation is 1. The van der Waals surface area contributed by atoms with E-state index < -0.39 is 6.03 Å². The predicted octanol–water partition coefficient (Wildman–Crippen LogP) is 1.22. The molecule has 30 heavy (non-hydrogen) atoms. The standard InChI is InChI=1S/C18H20N10O2/c1-11-23-12(10-13(19)24-11)16-17(25-14-4-3-6-21-27(14)16)26-15-5-7-22-28(15)18(29)20-8-9-30-2/h3-7,10,26H,8-9H2,1-2H3,(H,20,29)(H2,19,23,24). The number of hydrogen-bond donors (Lipinski definition) is 3. The summed E-state index contributed by atoms with van der Waals surface area (Å²) in [4.78, 5) is 25.6. The molecule has 0 radical (unpaired) electrons. The summed E-state index contributed by atoms with van der Waals surface area (Å²) in [5.41, 5.74) is 7.64. The molecular weight excluding hydrogens is 388 g/mol. The van der Waals surface area contributed by atoms with E-state index in [1.54, 1.807) is 42.9 Å². The van der Waals surface area contributed by atoms with E-state index in [2.05, 4.69) is 35.8 Å². The molecular formula is C18H20N10O2. The van der Waals surface area contributed by atoms with Gasteiger partial charge in [-0.05, 0) is 19.1 Å². The fraction of sp³-hybridized carbons (Fsp3) is 0.222. The van der Waals surface area contributed by atoms with E-state index in [-0.39, 0.29) is 0 Å². The number of nitrogens with two attached hydrogens (primary N) is 1. The molecule has 0 aliphatic heterocycles. The highest BCUT2D eigenvalue weighted by atomic mass is 16.5. The number of anilines is 3. The summed E-state index contributed by atoms with van der Waals surface area (Å²) in [6, 6.07) is 6.50. The summed E-state index contributed by atoms with van der Waals surface area (Å²) < 4.78 is 7.80. The largest absolute Gasteiger partial charge is 0.384 e. The Morgan fingerprint density at radius 2 is 2.07 bits per heavy atom. The number of nitrogen functional groups attached to an aromatic ring is 1. The average Bonchev–Trinajstić information content (AvgIpc) is 3.31. The Labute approximate surface area is 171 Å². The molecule has 0 atom stereocenters. The van der Waals surface area contributed by atoms with Crippen molar-refractivity contribution in [1.82, 2.24) is 39.7 Å². The number of hydrogen-bond acceptors (Lipinski definition) is 9. The minimum absolute atomic E-state index is 0.330. The molecule has 12 heteroatoms. The van der Waals surface area contributed by atoms with Crippen molar-refractivity contribution >= 4 is 29.1 Å². The lowest BCUT2D eigenvalue weighted by Gasteiger charge is -2.10. The van der Waals surface area contributed by atoms with Crippen molar-refractivity contribution in [2.24, 2.45) is 0 Å². The Morgan fingerprint density at radius 1 is 1.20 bits per heavy atom. The normalized spacial score (nSPS) is 11.0. The van der Waals surface area contributed by atoms with E-state index in [9.17, 15) is 4.79 Å². The Hall–Kier alpha value is -4.06. The first-order chi connectivity index (χ1) is 14.6. The van der Waals surface area contributed by atoms with Gasteiger partial charge in [0.25, 0.3) is 0 Å². The van der Waals surface area contributed by atoms with Crippen LogP contribution in [0, 0.1) is 6.92 Å². The van der Waals surface area contributed by atoms with Crippen LogP contribution in [0.15, 0.2) is 36.7 Å². The average molecular weight is 408 g/mol. The highest BCUT2D eigenvalue weighted by Gasteiger charge is 2.20. The van der Waals surface area contributed by atoms with E-state index in [0.29, 0.717) is 53.5 Å². The number of nitrogens with zero attached hydrogens (tertiary/aromatic N) is 7. The number of methoxy groups -OCH3 is 1. The molecule has 4 aromatic rings. The summed E-state index contributed by atoms with van der Waals surface area (Å²) in [5.74, 6) is 1.72. The molecule has 0 fully saturated rings. The third-order valence-electron chi connectivity index (χ3n) is 4.16. The highest BCUT2D eigenvalue weighted by Crippen LogP contribution is 2.30. The van der Waals surface area contributed by atoms with Crippen LogP contribution in [-0.2, 0) is 4.74 Å². The lowest BCUT2D eigenvalue weighted by atomic mass is 10.3. The second-order valence-corrected chi connectivity index (χ2v) is 6.31. The number of rotatable bonds is 6. The zero-order valence-electron chi connectivity index (χ0n) is 16.4. The Morgan fingerprint density at radius 3 is 2.87 bits per heavy atom. The molecule has 0 saturated carbocycles. The lowest BCUT2D eigenvalue weighted by molar-refractivity contribution is 0.195. The van der Waals surface area contributed by atoms with E-state index in [1.165, 1.54) is 10.9 Å². The molecule has 4 heterocycles. The number of carbonyl (C=O) groups is 1. The van der Waals surface area contributed by atoms with Gasteiger partial charge in [-0.1, -0.05) is 0 Å². The van der Waals surface area contributed by atoms with Crippen molar-refractivity contribution in [2.45, 2.75) is 6.92 Å². The molecule has 4 N–H and O–H groups in total. The van der Waals surface area contributed by atoms with Gasteiger partial charge in [0.05, 0.1) is 18.5 Å². The first-order valence-electron chi connectivity index (χ1n) is 9.10. The van der Waals surface area contributed by atoms with Crippen LogP contribution >= 0.6 is 0 Å². The van der Waals surface area contributed by atoms with Crippen molar-refractivity contribution in [3.63, 3.8) is 0 Å². The first kappa shape index (κ1) is 19.3. The molecule has 154 valence electrons. The Balaban J connectivity index is 1.74. The van der Waals surface area contributed by atoms with Gasteiger partial charge in [-0.2, -0.15) is 14.9 Å². The molecule has 0 saturated heterocycles. The van der Waals surface area contributed by atoms with Gasteiger partial charge in [-0.15, -0.1) is 0 Å². The number of fused-ring (bicyclic) bond motifs is 1. The smallest absolute Gasteiger partial charge is 0.344 e. The van der Waals surface area contributed by atoms with Gasteiger partial charge >= 0.3 is 6.03 Å². The van der Waals surface area contributed by atoms with Gasteiger partial charge in [0.2, 0.25) is 0 Å². The van der Waals surface area contributed by atoms with Crippen LogP contribution in [-0.4, -0.2) is 60.6 Å². The molecule has 0 bridgehead atoms. The summed E-state index contributed by atoms with van der Waals surface area (Å²) in [6.45, 7) is 2.51. The number of aromatic nitrogens is 7. The van der Waals surface area contributed by atoms with Crippen molar-refractivity contribution < 1.29 is 9.53 Å². The van der Waals surface area contributed by atoms with Crippen molar-refractivity contribution in [1.29, 1.82) is 0 Å². The van der Waals surface area contributed by atoms with Crippen molar-refractivity contribution in [2.75, 3.05) is 31.3 Å². The second-order valence-electron chi connectivity index (χ2n) is 6.31. The van der Waals surface area contributed by atoms with E-state index in [1.807, 2.05) is 6.07 Å². The maximum absolute atomic E-state index is 12.4. The molecule has 1 amide bonds. The van der Waals surface area contributed by atoms with Crippen LogP contribution in [0.25, 0.3) is 17.0 Å². The lowest BCUT2D eigenvalue weighted by Crippen LogP contribution is -2.32. The minimum atomic E-state index is -0.398.